The van der Waals surface area contributed by atoms with E-state index in [0.717, 1.165) is 0 Å². The fraction of sp³-hybridized carbons (Fsp3) is 0.333. The molecule has 1 heterocycles. The van der Waals surface area contributed by atoms with E-state index in [9.17, 15) is 9.18 Å². The van der Waals surface area contributed by atoms with E-state index in [1.165, 1.54) is 31.4 Å². The normalized spacial score (nSPS) is 8.90. The second-order valence-electron chi connectivity index (χ2n) is 3.14. The zero-order valence-electron chi connectivity index (χ0n) is 12.7. The minimum atomic E-state index is -0.667. The first kappa shape index (κ1) is 19.1. The van der Waals surface area contributed by atoms with Gasteiger partial charge < -0.3 is 9.15 Å². The van der Waals surface area contributed by atoms with Crippen molar-refractivity contribution < 1.29 is 18.3 Å². The number of hydrogen-bond donors (Lipinski definition) is 0. The number of methoxy groups -OCH3 is 1. The lowest BCUT2D eigenvalue weighted by atomic mass is 10.1. The van der Waals surface area contributed by atoms with Gasteiger partial charge in [0.2, 0.25) is 0 Å². The molecule has 21 heavy (non-hydrogen) atoms. The van der Waals surface area contributed by atoms with Gasteiger partial charge in [-0.1, -0.05) is 27.7 Å². The number of oxazole rings is 1. The molecular weight excluding hydrogens is 297 g/mol. The molecule has 0 aliphatic rings. The Hall–Kier alpha value is -1.88. The monoisotopic (exact) mass is 315 g/mol. The van der Waals surface area contributed by atoms with Gasteiger partial charge in [-0.2, -0.15) is 4.98 Å². The Labute approximate surface area is 128 Å². The summed E-state index contributed by atoms with van der Waals surface area (Å²) < 4.78 is 22.4. The molecule has 0 spiro atoms. The minimum Gasteiger partial charge on any atom is -0.464 e. The second-order valence-corrected chi connectivity index (χ2v) is 3.47. The molecule has 2 rings (SSSR count). The van der Waals surface area contributed by atoms with E-state index >= 15 is 0 Å². The topological polar surface area (TPSA) is 52.3 Å². The molecule has 0 bridgehead atoms. The molecule has 0 aliphatic heterocycles. The van der Waals surface area contributed by atoms with Crippen LogP contribution in [0.1, 0.15) is 38.2 Å². The van der Waals surface area contributed by atoms with E-state index < -0.39 is 5.97 Å². The number of rotatable bonds is 2. The molecule has 4 nitrogen and oxygen atoms in total. The maximum atomic E-state index is 12.8. The van der Waals surface area contributed by atoms with Crippen LogP contribution in [-0.2, 0) is 4.74 Å². The number of nitrogens with zero attached hydrogens (tertiary/aromatic N) is 1. The Bertz CT molecular complexity index is 553. The summed E-state index contributed by atoms with van der Waals surface area (Å²) in [4.78, 5) is 15.1. The van der Waals surface area contributed by atoms with Gasteiger partial charge in [-0.3, -0.25) is 0 Å². The van der Waals surface area contributed by atoms with Crippen molar-refractivity contribution in [2.75, 3.05) is 7.11 Å². The van der Waals surface area contributed by atoms with Gasteiger partial charge >= 0.3 is 5.97 Å². The molecular formula is C15H19ClFNO3. The van der Waals surface area contributed by atoms with Gasteiger partial charge in [0.1, 0.15) is 5.82 Å². The van der Waals surface area contributed by atoms with E-state index in [-0.39, 0.29) is 22.6 Å². The van der Waals surface area contributed by atoms with Gasteiger partial charge in [-0.15, -0.1) is 0 Å². The maximum Gasteiger partial charge on any atom is 0.360 e. The first-order chi connectivity index (χ1) is 10.1. The average Bonchev–Trinajstić information content (AvgIpc) is 2.93. The van der Waals surface area contributed by atoms with Crippen LogP contribution in [0.4, 0.5) is 4.39 Å². The Balaban J connectivity index is 0.000000921. The first-order valence-electron chi connectivity index (χ1n) is 6.62. The van der Waals surface area contributed by atoms with Crippen LogP contribution in [0.15, 0.2) is 28.7 Å². The average molecular weight is 316 g/mol. The molecule has 0 fully saturated rings. The van der Waals surface area contributed by atoms with Gasteiger partial charge in [0, 0.05) is 5.56 Å². The lowest BCUT2D eigenvalue weighted by molar-refractivity contribution is 0.0595. The summed E-state index contributed by atoms with van der Waals surface area (Å²) in [5, 5.41) is -0.176. The van der Waals surface area contributed by atoms with Crippen LogP contribution in [-0.4, -0.2) is 18.1 Å². The number of hydrogen-bond acceptors (Lipinski definition) is 4. The van der Waals surface area contributed by atoms with Gasteiger partial charge in [0.15, 0.2) is 11.5 Å². The van der Waals surface area contributed by atoms with Crippen LogP contribution in [0.5, 0.6) is 0 Å². The Morgan fingerprint density at radius 1 is 1.19 bits per heavy atom. The van der Waals surface area contributed by atoms with Crippen molar-refractivity contribution in [1.82, 2.24) is 4.98 Å². The SMILES string of the molecule is CC.CC.COC(=O)c1nc(Cl)oc1-c1ccc(F)cc1. The largest absolute Gasteiger partial charge is 0.464 e. The van der Waals surface area contributed by atoms with E-state index in [4.69, 9.17) is 16.0 Å². The number of carbonyl (C=O) groups excluding carboxylic acids is 1. The summed E-state index contributed by atoms with van der Waals surface area (Å²) in [5.41, 5.74) is 0.454. The van der Waals surface area contributed by atoms with Crippen molar-refractivity contribution >= 4 is 17.6 Å². The van der Waals surface area contributed by atoms with E-state index in [1.54, 1.807) is 0 Å². The van der Waals surface area contributed by atoms with Crippen LogP contribution in [0.3, 0.4) is 0 Å². The van der Waals surface area contributed by atoms with Crippen molar-refractivity contribution in [2.45, 2.75) is 27.7 Å². The van der Waals surface area contributed by atoms with Crippen molar-refractivity contribution in [1.29, 1.82) is 0 Å². The third kappa shape index (κ3) is 5.19. The molecule has 2 aromatic rings. The molecule has 1 aromatic carbocycles. The highest BCUT2D eigenvalue weighted by molar-refractivity contribution is 6.28. The molecule has 0 atom stereocenters. The zero-order chi connectivity index (χ0) is 16.4. The van der Waals surface area contributed by atoms with E-state index in [2.05, 4.69) is 9.72 Å². The summed E-state index contributed by atoms with van der Waals surface area (Å²) in [5.74, 6) is -0.902. The van der Waals surface area contributed by atoms with Crippen molar-refractivity contribution in [2.24, 2.45) is 0 Å². The Kier molecular flexibility index (Phi) is 9.05. The van der Waals surface area contributed by atoms with Gasteiger partial charge in [0.05, 0.1) is 7.11 Å². The molecule has 0 radical (unpaired) electrons. The number of aromatic nitrogens is 1. The second kappa shape index (κ2) is 9.94. The molecule has 6 heteroatoms. The highest BCUT2D eigenvalue weighted by atomic mass is 35.5. The lowest BCUT2D eigenvalue weighted by Gasteiger charge is -1.99. The zero-order valence-corrected chi connectivity index (χ0v) is 13.5. The smallest absolute Gasteiger partial charge is 0.360 e. The molecule has 0 unspecified atom stereocenters. The minimum absolute atomic E-state index is 0.0379. The fourth-order valence-corrected chi connectivity index (χ4v) is 1.49. The molecule has 0 amide bonds. The molecule has 0 aliphatic carbocycles. The van der Waals surface area contributed by atoms with E-state index in [0.29, 0.717) is 5.56 Å². The third-order valence-electron chi connectivity index (χ3n) is 2.09. The van der Waals surface area contributed by atoms with Crippen LogP contribution in [0.25, 0.3) is 11.3 Å². The van der Waals surface area contributed by atoms with Gasteiger partial charge in [-0.25, -0.2) is 9.18 Å². The van der Waals surface area contributed by atoms with Crippen LogP contribution < -0.4 is 0 Å². The number of ether oxygens (including phenoxy) is 1. The highest BCUT2D eigenvalue weighted by Gasteiger charge is 2.21. The summed E-state index contributed by atoms with van der Waals surface area (Å²) in [7, 11) is 1.22. The lowest BCUT2D eigenvalue weighted by Crippen LogP contribution is -2.03. The summed E-state index contributed by atoms with van der Waals surface area (Å²) >= 11 is 5.59. The predicted octanol–water partition coefficient (Wildman–Crippen LogP) is 4.97. The van der Waals surface area contributed by atoms with E-state index in [1.807, 2.05) is 27.7 Å². The highest BCUT2D eigenvalue weighted by Crippen LogP contribution is 2.27. The molecule has 0 N–H and O–H groups in total. The van der Waals surface area contributed by atoms with Gasteiger partial charge in [-0.05, 0) is 35.9 Å². The Morgan fingerprint density at radius 2 is 1.71 bits per heavy atom. The summed E-state index contributed by atoms with van der Waals surface area (Å²) in [6.45, 7) is 8.00. The van der Waals surface area contributed by atoms with Crippen molar-refractivity contribution in [3.8, 4) is 11.3 Å². The van der Waals surface area contributed by atoms with Gasteiger partial charge in [0.25, 0.3) is 5.35 Å². The first-order valence-corrected chi connectivity index (χ1v) is 7.00. The maximum absolute atomic E-state index is 12.8. The number of esters is 1. The molecule has 1 aromatic heterocycles. The van der Waals surface area contributed by atoms with Crippen molar-refractivity contribution in [3.05, 3.63) is 41.1 Å². The standard InChI is InChI=1S/C11H7ClFNO3.2C2H6/c1-16-10(15)8-9(17-11(12)14-8)6-2-4-7(13)5-3-6;2*1-2/h2-5H,1H3;2*1-2H3. The summed E-state index contributed by atoms with van der Waals surface area (Å²) in [6.07, 6.45) is 0. The third-order valence-corrected chi connectivity index (χ3v) is 2.25. The van der Waals surface area contributed by atoms with Crippen LogP contribution >= 0.6 is 11.6 Å². The Morgan fingerprint density at radius 3 is 2.19 bits per heavy atom. The number of carbonyl (C=O) groups is 1. The fourth-order valence-electron chi connectivity index (χ4n) is 1.33. The molecule has 116 valence electrons. The van der Waals surface area contributed by atoms with Crippen LogP contribution in [0, 0.1) is 5.82 Å². The molecule has 0 saturated carbocycles. The number of benzene rings is 1. The quantitative estimate of drug-likeness (QED) is 0.734. The summed E-state index contributed by atoms with van der Waals surface area (Å²) in [6, 6.07) is 5.40. The number of halogens is 2. The predicted molar refractivity (Wildman–Crippen MR) is 80.9 cm³/mol. The molecule has 0 saturated heterocycles. The van der Waals surface area contributed by atoms with Crippen molar-refractivity contribution in [3.63, 3.8) is 0 Å². The van der Waals surface area contributed by atoms with Crippen LogP contribution in [0.2, 0.25) is 5.35 Å².